The van der Waals surface area contributed by atoms with Crippen molar-refractivity contribution in [1.82, 2.24) is 4.90 Å². The zero-order valence-corrected chi connectivity index (χ0v) is 13.2. The van der Waals surface area contributed by atoms with Crippen LogP contribution in [-0.4, -0.2) is 29.0 Å². The van der Waals surface area contributed by atoms with E-state index in [2.05, 4.69) is 15.9 Å². The molecule has 2 aromatic rings. The zero-order valence-electron chi connectivity index (χ0n) is 11.6. The number of amides is 2. The molecule has 2 amide bonds. The van der Waals surface area contributed by atoms with E-state index in [0.717, 1.165) is 9.37 Å². The highest BCUT2D eigenvalue weighted by molar-refractivity contribution is 9.10. The number of hydrogen-bond donors (Lipinski definition) is 0. The van der Waals surface area contributed by atoms with Gasteiger partial charge in [-0.25, -0.2) is 0 Å². The fraction of sp³-hybridized carbons (Fsp3) is 0.118. The summed E-state index contributed by atoms with van der Waals surface area (Å²) in [6.45, 7) is 0.0985. The molecule has 4 nitrogen and oxygen atoms in total. The van der Waals surface area contributed by atoms with Crippen LogP contribution in [0.4, 0.5) is 0 Å². The Balaban J connectivity index is 1.70. The van der Waals surface area contributed by atoms with E-state index >= 15 is 0 Å². The molecule has 0 unspecified atom stereocenters. The van der Waals surface area contributed by atoms with Crippen LogP contribution in [0.1, 0.15) is 37.5 Å². The largest absolute Gasteiger partial charge is 0.294 e. The molecule has 0 N–H and O–H groups in total. The summed E-state index contributed by atoms with van der Waals surface area (Å²) >= 11 is 3.31. The number of ketones is 1. The lowest BCUT2D eigenvalue weighted by Gasteiger charge is -2.13. The predicted molar refractivity (Wildman–Crippen MR) is 84.9 cm³/mol. The topological polar surface area (TPSA) is 54.5 Å². The number of nitrogens with zero attached hydrogens (tertiary/aromatic N) is 1. The number of fused-ring (bicyclic) bond motifs is 1. The fourth-order valence-corrected chi connectivity index (χ4v) is 2.70. The minimum atomic E-state index is -0.329. The molecule has 0 radical (unpaired) electrons. The predicted octanol–water partition coefficient (Wildman–Crippen LogP) is 3.32. The molecule has 0 atom stereocenters. The Morgan fingerprint density at radius 1 is 0.909 bits per heavy atom. The average Bonchev–Trinajstić information content (AvgIpc) is 2.78. The zero-order chi connectivity index (χ0) is 15.7. The molecular formula is C17H12BrNO3. The molecule has 1 aliphatic rings. The van der Waals surface area contributed by atoms with Gasteiger partial charge in [0.05, 0.1) is 11.1 Å². The molecule has 2 aromatic carbocycles. The van der Waals surface area contributed by atoms with Gasteiger partial charge in [-0.05, 0) is 24.3 Å². The Bertz CT molecular complexity index is 733. The molecule has 1 aliphatic heterocycles. The summed E-state index contributed by atoms with van der Waals surface area (Å²) in [4.78, 5) is 37.7. The van der Waals surface area contributed by atoms with Crippen molar-refractivity contribution in [3.8, 4) is 0 Å². The lowest BCUT2D eigenvalue weighted by molar-refractivity contribution is 0.0649. The van der Waals surface area contributed by atoms with E-state index < -0.39 is 0 Å². The minimum Gasteiger partial charge on any atom is -0.294 e. The maximum absolute atomic E-state index is 12.2. The summed E-state index contributed by atoms with van der Waals surface area (Å²) < 4.78 is 0.893. The third kappa shape index (κ3) is 2.60. The SMILES string of the molecule is O=C(CCN1C(=O)c2ccccc2C1=O)c1ccc(Br)cc1. The summed E-state index contributed by atoms with van der Waals surface area (Å²) in [5.41, 5.74) is 1.38. The minimum absolute atomic E-state index is 0.0935. The highest BCUT2D eigenvalue weighted by Crippen LogP contribution is 2.22. The van der Waals surface area contributed by atoms with E-state index in [-0.39, 0.29) is 30.6 Å². The van der Waals surface area contributed by atoms with Gasteiger partial charge < -0.3 is 0 Å². The van der Waals surface area contributed by atoms with Crippen molar-refractivity contribution < 1.29 is 14.4 Å². The molecule has 0 aromatic heterocycles. The van der Waals surface area contributed by atoms with Gasteiger partial charge >= 0.3 is 0 Å². The van der Waals surface area contributed by atoms with Crippen LogP contribution in [0.3, 0.4) is 0 Å². The van der Waals surface area contributed by atoms with Crippen LogP contribution < -0.4 is 0 Å². The number of hydrogen-bond acceptors (Lipinski definition) is 3. The van der Waals surface area contributed by atoms with Crippen molar-refractivity contribution in [3.05, 3.63) is 69.7 Å². The Morgan fingerprint density at radius 2 is 1.45 bits per heavy atom. The summed E-state index contributed by atoms with van der Waals surface area (Å²) in [6, 6.07) is 13.7. The Hall–Kier alpha value is -2.27. The quantitative estimate of drug-likeness (QED) is 0.622. The molecule has 0 saturated carbocycles. The van der Waals surface area contributed by atoms with Gasteiger partial charge in [0.1, 0.15) is 0 Å². The first kappa shape index (κ1) is 14.7. The van der Waals surface area contributed by atoms with Crippen molar-refractivity contribution in [2.75, 3.05) is 6.54 Å². The highest BCUT2D eigenvalue weighted by Gasteiger charge is 2.34. The van der Waals surface area contributed by atoms with Crippen LogP contribution in [0.15, 0.2) is 53.0 Å². The Morgan fingerprint density at radius 3 is 2.00 bits per heavy atom. The molecule has 0 bridgehead atoms. The van der Waals surface area contributed by atoms with E-state index in [1.165, 1.54) is 0 Å². The van der Waals surface area contributed by atoms with Crippen LogP contribution >= 0.6 is 15.9 Å². The van der Waals surface area contributed by atoms with Gasteiger partial charge in [0.25, 0.3) is 11.8 Å². The van der Waals surface area contributed by atoms with Gasteiger partial charge in [-0.2, -0.15) is 0 Å². The first-order valence-electron chi connectivity index (χ1n) is 6.82. The number of carbonyl (C=O) groups is 3. The van der Waals surface area contributed by atoms with Crippen LogP contribution in [0.5, 0.6) is 0 Å². The van der Waals surface area contributed by atoms with Gasteiger partial charge in [-0.15, -0.1) is 0 Å². The first-order chi connectivity index (χ1) is 10.6. The molecule has 110 valence electrons. The first-order valence-corrected chi connectivity index (χ1v) is 7.61. The van der Waals surface area contributed by atoms with Crippen LogP contribution in [0.2, 0.25) is 0 Å². The number of halogens is 1. The molecule has 22 heavy (non-hydrogen) atoms. The summed E-state index contributed by atoms with van der Waals surface area (Å²) in [5.74, 6) is -0.752. The second-order valence-electron chi connectivity index (χ2n) is 4.99. The maximum Gasteiger partial charge on any atom is 0.261 e. The molecule has 0 spiro atoms. The molecule has 0 aliphatic carbocycles. The van der Waals surface area contributed by atoms with E-state index in [1.807, 2.05) is 0 Å². The third-order valence-electron chi connectivity index (χ3n) is 3.61. The van der Waals surface area contributed by atoms with Gasteiger partial charge in [0.2, 0.25) is 0 Å². The molecule has 0 fully saturated rings. The smallest absolute Gasteiger partial charge is 0.261 e. The van der Waals surface area contributed by atoms with Crippen molar-refractivity contribution in [2.24, 2.45) is 0 Å². The standard InChI is InChI=1S/C17H12BrNO3/c18-12-7-5-11(6-8-12)15(20)9-10-19-16(21)13-3-1-2-4-14(13)17(19)22/h1-8H,9-10H2. The van der Waals surface area contributed by atoms with Crippen molar-refractivity contribution in [1.29, 1.82) is 0 Å². The molecule has 0 saturated heterocycles. The monoisotopic (exact) mass is 357 g/mol. The van der Waals surface area contributed by atoms with Crippen LogP contribution in [0, 0.1) is 0 Å². The molecular weight excluding hydrogens is 346 g/mol. The van der Waals surface area contributed by atoms with Crippen molar-refractivity contribution >= 4 is 33.5 Å². The summed E-state index contributed by atoms with van der Waals surface area (Å²) in [7, 11) is 0. The van der Waals surface area contributed by atoms with Gasteiger partial charge in [0, 0.05) is 23.0 Å². The molecule has 3 rings (SSSR count). The van der Waals surface area contributed by atoms with Gasteiger partial charge in [0.15, 0.2) is 5.78 Å². The number of benzene rings is 2. The van der Waals surface area contributed by atoms with E-state index in [0.29, 0.717) is 16.7 Å². The number of carbonyl (C=O) groups excluding carboxylic acids is 3. The van der Waals surface area contributed by atoms with E-state index in [4.69, 9.17) is 0 Å². The van der Waals surface area contributed by atoms with Gasteiger partial charge in [-0.1, -0.05) is 40.2 Å². The number of imide groups is 1. The second kappa shape index (κ2) is 5.85. The maximum atomic E-state index is 12.2. The average molecular weight is 358 g/mol. The third-order valence-corrected chi connectivity index (χ3v) is 4.14. The highest BCUT2D eigenvalue weighted by atomic mass is 79.9. The van der Waals surface area contributed by atoms with Crippen molar-refractivity contribution in [2.45, 2.75) is 6.42 Å². The van der Waals surface area contributed by atoms with Crippen LogP contribution in [0.25, 0.3) is 0 Å². The lowest BCUT2D eigenvalue weighted by atomic mass is 10.1. The number of Topliss-reactive ketones (excluding diaryl/α,β-unsaturated/α-hetero) is 1. The fourth-order valence-electron chi connectivity index (χ4n) is 2.44. The summed E-state index contributed by atoms with van der Waals surface area (Å²) in [5, 5.41) is 0. The summed E-state index contributed by atoms with van der Waals surface area (Å²) in [6.07, 6.45) is 0.118. The van der Waals surface area contributed by atoms with E-state index in [1.54, 1.807) is 48.5 Å². The van der Waals surface area contributed by atoms with Gasteiger partial charge in [-0.3, -0.25) is 19.3 Å². The number of rotatable bonds is 4. The van der Waals surface area contributed by atoms with Crippen LogP contribution in [-0.2, 0) is 0 Å². The van der Waals surface area contributed by atoms with Crippen molar-refractivity contribution in [3.63, 3.8) is 0 Å². The normalized spacial score (nSPS) is 13.4. The second-order valence-corrected chi connectivity index (χ2v) is 5.90. The Labute approximate surface area is 135 Å². The Kier molecular flexibility index (Phi) is 3.90. The van der Waals surface area contributed by atoms with E-state index in [9.17, 15) is 14.4 Å². The molecule has 1 heterocycles. The lowest BCUT2D eigenvalue weighted by Crippen LogP contribution is -2.31. The molecule has 5 heteroatoms.